The summed E-state index contributed by atoms with van der Waals surface area (Å²) in [4.78, 5) is 0. The lowest BCUT2D eigenvalue weighted by Gasteiger charge is -2.13. The molecule has 0 spiro atoms. The molecule has 0 amide bonds. The molecule has 0 heterocycles. The van der Waals surface area contributed by atoms with Crippen LogP contribution in [0.2, 0.25) is 5.02 Å². The normalized spacial score (nSPS) is 12.3. The van der Waals surface area contributed by atoms with Crippen molar-refractivity contribution in [2.24, 2.45) is 5.92 Å². The van der Waals surface area contributed by atoms with Gasteiger partial charge >= 0.3 is 0 Å². The van der Waals surface area contributed by atoms with E-state index in [1.54, 1.807) is 12.1 Å². The van der Waals surface area contributed by atoms with Gasteiger partial charge in [-0.05, 0) is 43.0 Å². The lowest BCUT2D eigenvalue weighted by molar-refractivity contribution is 0.455. The highest BCUT2D eigenvalue weighted by atomic mass is 35.5. The van der Waals surface area contributed by atoms with Crippen molar-refractivity contribution in [3.05, 3.63) is 41.4 Å². The highest BCUT2D eigenvalue weighted by Gasteiger charge is 2.04. The van der Waals surface area contributed by atoms with Gasteiger partial charge in [-0.2, -0.15) is 0 Å². The van der Waals surface area contributed by atoms with Crippen LogP contribution in [0.15, 0.2) is 30.9 Å². The van der Waals surface area contributed by atoms with Crippen molar-refractivity contribution in [3.8, 4) is 5.75 Å². The Kier molecular flexibility index (Phi) is 6.84. The van der Waals surface area contributed by atoms with Gasteiger partial charge in [-0.25, -0.2) is 0 Å². The highest BCUT2D eigenvalue weighted by molar-refractivity contribution is 6.32. The molecule has 1 rings (SSSR count). The van der Waals surface area contributed by atoms with Crippen molar-refractivity contribution in [1.82, 2.24) is 5.32 Å². The molecular weight excluding hydrogens is 246 g/mol. The minimum absolute atomic E-state index is 0.137. The summed E-state index contributed by atoms with van der Waals surface area (Å²) in [6.45, 7) is 7.77. The first-order chi connectivity index (χ1) is 8.67. The largest absolute Gasteiger partial charge is 0.506 e. The number of nitrogens with one attached hydrogen (secondary N) is 1. The van der Waals surface area contributed by atoms with E-state index in [1.165, 1.54) is 6.42 Å². The smallest absolute Gasteiger partial charge is 0.134 e. The molecule has 1 unspecified atom stereocenters. The van der Waals surface area contributed by atoms with Gasteiger partial charge in [0.15, 0.2) is 0 Å². The monoisotopic (exact) mass is 267 g/mol. The van der Waals surface area contributed by atoms with Crippen LogP contribution in [-0.4, -0.2) is 11.7 Å². The molecule has 18 heavy (non-hydrogen) atoms. The van der Waals surface area contributed by atoms with Gasteiger partial charge in [0.2, 0.25) is 0 Å². The Labute approximate surface area is 115 Å². The van der Waals surface area contributed by atoms with Crippen molar-refractivity contribution in [1.29, 1.82) is 0 Å². The number of hydrogen-bond acceptors (Lipinski definition) is 2. The summed E-state index contributed by atoms with van der Waals surface area (Å²) >= 11 is 5.85. The first-order valence-corrected chi connectivity index (χ1v) is 6.84. The molecule has 0 saturated carbocycles. The molecule has 2 N–H and O–H groups in total. The Bertz CT molecular complexity index is 379. The Balaban J connectivity index is 2.28. The Morgan fingerprint density at radius 2 is 2.28 bits per heavy atom. The second-order valence-corrected chi connectivity index (χ2v) is 4.96. The fourth-order valence-corrected chi connectivity index (χ4v) is 2.13. The van der Waals surface area contributed by atoms with Crippen LogP contribution in [0, 0.1) is 5.92 Å². The molecule has 1 aromatic rings. The van der Waals surface area contributed by atoms with E-state index in [0.29, 0.717) is 5.02 Å². The van der Waals surface area contributed by atoms with Gasteiger partial charge in [0, 0.05) is 6.54 Å². The molecule has 0 radical (unpaired) electrons. The van der Waals surface area contributed by atoms with E-state index < -0.39 is 0 Å². The van der Waals surface area contributed by atoms with Gasteiger partial charge in [-0.1, -0.05) is 37.1 Å². The predicted molar refractivity (Wildman–Crippen MR) is 78.0 cm³/mol. The molecule has 1 atom stereocenters. The average Bonchev–Trinajstić information content (AvgIpc) is 2.37. The standard InChI is InChI=1S/C15H22ClNO/c1-3-5-12(4-2)8-9-17-11-13-6-7-15(18)14(16)10-13/h3,6-7,10,12,17-18H,1,4-5,8-9,11H2,2H3. The van der Waals surface area contributed by atoms with Crippen LogP contribution >= 0.6 is 11.6 Å². The molecule has 0 bridgehead atoms. The third-order valence-electron chi connectivity index (χ3n) is 3.15. The second kappa shape index (κ2) is 8.17. The summed E-state index contributed by atoms with van der Waals surface area (Å²) in [6, 6.07) is 5.31. The number of allylic oxidation sites excluding steroid dienone is 1. The lowest BCUT2D eigenvalue weighted by atomic mass is 9.98. The van der Waals surface area contributed by atoms with Crippen LogP contribution in [-0.2, 0) is 6.54 Å². The van der Waals surface area contributed by atoms with Crippen molar-refractivity contribution in [2.45, 2.75) is 32.7 Å². The molecule has 0 aliphatic heterocycles. The summed E-state index contributed by atoms with van der Waals surface area (Å²) in [5.41, 5.74) is 1.09. The van der Waals surface area contributed by atoms with E-state index in [2.05, 4.69) is 18.8 Å². The van der Waals surface area contributed by atoms with Crippen LogP contribution in [0.3, 0.4) is 0 Å². The van der Waals surface area contributed by atoms with E-state index in [4.69, 9.17) is 11.6 Å². The topological polar surface area (TPSA) is 32.3 Å². The fraction of sp³-hybridized carbons (Fsp3) is 0.467. The Hall–Kier alpha value is -0.990. The third-order valence-corrected chi connectivity index (χ3v) is 3.45. The maximum Gasteiger partial charge on any atom is 0.134 e. The zero-order chi connectivity index (χ0) is 13.4. The molecule has 0 aromatic heterocycles. The molecule has 0 fully saturated rings. The molecule has 100 valence electrons. The molecular formula is C15H22ClNO. The molecule has 0 saturated heterocycles. The molecule has 0 aliphatic carbocycles. The van der Waals surface area contributed by atoms with Crippen molar-refractivity contribution in [2.75, 3.05) is 6.54 Å². The molecule has 3 heteroatoms. The molecule has 2 nitrogen and oxygen atoms in total. The van der Waals surface area contributed by atoms with E-state index >= 15 is 0 Å². The van der Waals surface area contributed by atoms with Gasteiger partial charge in [0.1, 0.15) is 5.75 Å². The van der Waals surface area contributed by atoms with Crippen LogP contribution in [0.5, 0.6) is 5.75 Å². The van der Waals surface area contributed by atoms with E-state index in [-0.39, 0.29) is 5.75 Å². The minimum atomic E-state index is 0.137. The Morgan fingerprint density at radius 1 is 1.50 bits per heavy atom. The minimum Gasteiger partial charge on any atom is -0.506 e. The van der Waals surface area contributed by atoms with Crippen LogP contribution < -0.4 is 5.32 Å². The number of phenols is 1. The SMILES string of the molecule is C=CCC(CC)CCNCc1ccc(O)c(Cl)c1. The third kappa shape index (κ3) is 5.11. The van der Waals surface area contributed by atoms with Gasteiger partial charge in [-0.3, -0.25) is 0 Å². The maximum absolute atomic E-state index is 9.32. The number of benzene rings is 1. The van der Waals surface area contributed by atoms with Gasteiger partial charge in [0.05, 0.1) is 5.02 Å². The van der Waals surface area contributed by atoms with E-state index in [1.807, 2.05) is 12.1 Å². The lowest BCUT2D eigenvalue weighted by Crippen LogP contribution is -2.17. The van der Waals surface area contributed by atoms with Crippen LogP contribution in [0.25, 0.3) is 0 Å². The summed E-state index contributed by atoms with van der Waals surface area (Å²) in [5.74, 6) is 0.857. The maximum atomic E-state index is 9.32. The van der Waals surface area contributed by atoms with Crippen LogP contribution in [0.1, 0.15) is 31.7 Å². The summed E-state index contributed by atoms with van der Waals surface area (Å²) in [5, 5.41) is 13.1. The predicted octanol–water partition coefficient (Wildman–Crippen LogP) is 4.13. The van der Waals surface area contributed by atoms with Gasteiger partial charge in [-0.15, -0.1) is 6.58 Å². The Morgan fingerprint density at radius 3 is 2.89 bits per heavy atom. The van der Waals surface area contributed by atoms with Gasteiger partial charge < -0.3 is 10.4 Å². The van der Waals surface area contributed by atoms with Crippen molar-refractivity contribution < 1.29 is 5.11 Å². The van der Waals surface area contributed by atoms with E-state index in [9.17, 15) is 5.11 Å². The zero-order valence-electron chi connectivity index (χ0n) is 11.0. The van der Waals surface area contributed by atoms with E-state index in [0.717, 1.165) is 37.4 Å². The number of halogens is 1. The number of hydrogen-bond donors (Lipinski definition) is 2. The van der Waals surface area contributed by atoms with Crippen molar-refractivity contribution in [3.63, 3.8) is 0 Å². The molecule has 0 aliphatic rings. The zero-order valence-corrected chi connectivity index (χ0v) is 11.7. The number of rotatable bonds is 8. The quantitative estimate of drug-likeness (QED) is 0.548. The average molecular weight is 268 g/mol. The number of phenolic OH excluding ortho intramolecular Hbond substituents is 1. The van der Waals surface area contributed by atoms with Crippen LogP contribution in [0.4, 0.5) is 0 Å². The molecule has 1 aromatic carbocycles. The van der Waals surface area contributed by atoms with Gasteiger partial charge in [0.25, 0.3) is 0 Å². The number of aromatic hydroxyl groups is 1. The fourth-order valence-electron chi connectivity index (χ4n) is 1.92. The summed E-state index contributed by atoms with van der Waals surface area (Å²) in [6.07, 6.45) is 5.43. The second-order valence-electron chi connectivity index (χ2n) is 4.55. The first-order valence-electron chi connectivity index (χ1n) is 6.46. The first kappa shape index (κ1) is 15.1. The summed E-state index contributed by atoms with van der Waals surface area (Å²) in [7, 11) is 0. The van der Waals surface area contributed by atoms with Crippen molar-refractivity contribution >= 4 is 11.6 Å². The highest BCUT2D eigenvalue weighted by Crippen LogP contribution is 2.23. The summed E-state index contributed by atoms with van der Waals surface area (Å²) < 4.78 is 0.